The van der Waals surface area contributed by atoms with Gasteiger partial charge in [0.15, 0.2) is 0 Å². The van der Waals surface area contributed by atoms with Crippen LogP contribution in [0.2, 0.25) is 0 Å². The molecule has 17 heavy (non-hydrogen) atoms. The standard InChI is InChI=1S/C10H23N3O3S/c1-12(2)17(14,15)13(7-8-16-3)9-10-5-4-6-11-10/h10-11H,4-9H2,1-3H3. The summed E-state index contributed by atoms with van der Waals surface area (Å²) in [5.74, 6) is 0. The van der Waals surface area contributed by atoms with Crippen molar-refractivity contribution in [3.63, 3.8) is 0 Å². The highest BCUT2D eigenvalue weighted by molar-refractivity contribution is 7.86. The summed E-state index contributed by atoms with van der Waals surface area (Å²) in [5.41, 5.74) is 0. The van der Waals surface area contributed by atoms with Crippen molar-refractivity contribution in [2.75, 3.05) is 47.4 Å². The van der Waals surface area contributed by atoms with Crippen LogP contribution in [0.5, 0.6) is 0 Å². The Hall–Kier alpha value is -0.210. The molecule has 1 saturated heterocycles. The Morgan fingerprint density at radius 1 is 1.41 bits per heavy atom. The summed E-state index contributed by atoms with van der Waals surface area (Å²) < 4.78 is 31.9. The van der Waals surface area contributed by atoms with Gasteiger partial charge in [-0.25, -0.2) is 0 Å². The average Bonchev–Trinajstić information content (AvgIpc) is 2.76. The van der Waals surface area contributed by atoms with E-state index in [1.807, 2.05) is 0 Å². The van der Waals surface area contributed by atoms with E-state index in [4.69, 9.17) is 4.74 Å². The Kier molecular flexibility index (Phi) is 5.81. The monoisotopic (exact) mass is 265 g/mol. The first-order valence-electron chi connectivity index (χ1n) is 5.88. The number of nitrogens with zero attached hydrogens (tertiary/aromatic N) is 2. The lowest BCUT2D eigenvalue weighted by Crippen LogP contribution is -2.47. The minimum absolute atomic E-state index is 0.265. The van der Waals surface area contributed by atoms with E-state index in [1.54, 1.807) is 21.2 Å². The van der Waals surface area contributed by atoms with E-state index >= 15 is 0 Å². The first kappa shape index (κ1) is 14.8. The van der Waals surface area contributed by atoms with Gasteiger partial charge in [0.25, 0.3) is 10.2 Å². The predicted molar refractivity (Wildman–Crippen MR) is 67.1 cm³/mol. The van der Waals surface area contributed by atoms with Crippen LogP contribution in [0.25, 0.3) is 0 Å². The Morgan fingerprint density at radius 2 is 2.12 bits per heavy atom. The molecule has 0 aromatic rings. The quantitative estimate of drug-likeness (QED) is 0.674. The van der Waals surface area contributed by atoms with Gasteiger partial charge < -0.3 is 10.1 Å². The lowest BCUT2D eigenvalue weighted by atomic mass is 10.2. The fourth-order valence-corrected chi connectivity index (χ4v) is 3.02. The van der Waals surface area contributed by atoms with Crippen LogP contribution >= 0.6 is 0 Å². The van der Waals surface area contributed by atoms with Crippen LogP contribution in [0, 0.1) is 0 Å². The lowest BCUT2D eigenvalue weighted by molar-refractivity contribution is 0.174. The van der Waals surface area contributed by atoms with Crippen LogP contribution in [0.15, 0.2) is 0 Å². The fraction of sp³-hybridized carbons (Fsp3) is 1.00. The van der Waals surface area contributed by atoms with Crippen molar-refractivity contribution in [3.8, 4) is 0 Å². The topological polar surface area (TPSA) is 61.9 Å². The third-order valence-corrected chi connectivity index (χ3v) is 4.83. The molecule has 1 aliphatic heterocycles. The molecule has 0 aromatic heterocycles. The van der Waals surface area contributed by atoms with Crippen molar-refractivity contribution < 1.29 is 13.2 Å². The van der Waals surface area contributed by atoms with Crippen LogP contribution in [0.3, 0.4) is 0 Å². The van der Waals surface area contributed by atoms with Crippen molar-refractivity contribution in [3.05, 3.63) is 0 Å². The summed E-state index contributed by atoms with van der Waals surface area (Å²) in [6.45, 7) is 2.31. The van der Waals surface area contributed by atoms with Crippen molar-refractivity contribution in [2.45, 2.75) is 18.9 Å². The second kappa shape index (κ2) is 6.65. The van der Waals surface area contributed by atoms with Gasteiger partial charge in [-0.05, 0) is 19.4 Å². The maximum absolute atomic E-state index is 12.1. The molecule has 6 nitrogen and oxygen atoms in total. The molecule has 0 spiro atoms. The van der Waals surface area contributed by atoms with Crippen LogP contribution in [-0.2, 0) is 14.9 Å². The van der Waals surface area contributed by atoms with Crippen molar-refractivity contribution >= 4 is 10.2 Å². The molecule has 1 unspecified atom stereocenters. The first-order valence-corrected chi connectivity index (χ1v) is 7.28. The van der Waals surface area contributed by atoms with Crippen molar-refractivity contribution in [1.29, 1.82) is 0 Å². The molecule has 1 atom stereocenters. The smallest absolute Gasteiger partial charge is 0.281 e. The van der Waals surface area contributed by atoms with Crippen LogP contribution in [0.4, 0.5) is 0 Å². The lowest BCUT2D eigenvalue weighted by Gasteiger charge is -2.27. The highest BCUT2D eigenvalue weighted by Crippen LogP contribution is 2.11. The highest BCUT2D eigenvalue weighted by atomic mass is 32.2. The van der Waals surface area contributed by atoms with Gasteiger partial charge >= 0.3 is 0 Å². The zero-order valence-corrected chi connectivity index (χ0v) is 11.7. The zero-order chi connectivity index (χ0) is 12.9. The maximum atomic E-state index is 12.1. The Balaban J connectivity index is 2.65. The highest BCUT2D eigenvalue weighted by Gasteiger charge is 2.28. The predicted octanol–water partition coefficient (Wildman–Crippen LogP) is -0.507. The summed E-state index contributed by atoms with van der Waals surface area (Å²) in [7, 11) is 1.33. The molecule has 7 heteroatoms. The summed E-state index contributed by atoms with van der Waals surface area (Å²) in [6, 6.07) is 0.265. The third kappa shape index (κ3) is 4.18. The maximum Gasteiger partial charge on any atom is 0.281 e. The van der Waals surface area contributed by atoms with E-state index in [0.717, 1.165) is 19.4 Å². The van der Waals surface area contributed by atoms with E-state index in [0.29, 0.717) is 19.7 Å². The van der Waals surface area contributed by atoms with Gasteiger partial charge in [-0.3, -0.25) is 0 Å². The van der Waals surface area contributed by atoms with E-state index < -0.39 is 10.2 Å². The second-order valence-electron chi connectivity index (χ2n) is 4.43. The molecular weight excluding hydrogens is 242 g/mol. The minimum Gasteiger partial charge on any atom is -0.383 e. The summed E-state index contributed by atoms with van der Waals surface area (Å²) >= 11 is 0. The summed E-state index contributed by atoms with van der Waals surface area (Å²) in [5, 5.41) is 3.31. The van der Waals surface area contributed by atoms with Crippen LogP contribution < -0.4 is 5.32 Å². The molecule has 1 N–H and O–H groups in total. The molecule has 1 aliphatic rings. The number of rotatable bonds is 7. The molecule has 0 bridgehead atoms. The number of hydrogen-bond acceptors (Lipinski definition) is 4. The van der Waals surface area contributed by atoms with Crippen molar-refractivity contribution in [1.82, 2.24) is 13.9 Å². The first-order chi connectivity index (χ1) is 7.98. The molecule has 0 saturated carbocycles. The number of hydrogen-bond donors (Lipinski definition) is 1. The molecule has 102 valence electrons. The van der Waals surface area contributed by atoms with Gasteiger partial charge in [-0.15, -0.1) is 0 Å². The number of ether oxygens (including phenoxy) is 1. The van der Waals surface area contributed by atoms with Gasteiger partial charge in [0.05, 0.1) is 6.61 Å². The van der Waals surface area contributed by atoms with E-state index in [9.17, 15) is 8.42 Å². The van der Waals surface area contributed by atoms with Gasteiger partial charge in [-0.2, -0.15) is 17.0 Å². The Bertz CT molecular complexity index is 313. The largest absolute Gasteiger partial charge is 0.383 e. The molecule has 0 radical (unpaired) electrons. The van der Waals surface area contributed by atoms with Crippen LogP contribution in [-0.4, -0.2) is 70.5 Å². The third-order valence-electron chi connectivity index (χ3n) is 2.92. The normalized spacial score (nSPS) is 21.6. The van der Waals surface area contributed by atoms with Crippen LogP contribution in [0.1, 0.15) is 12.8 Å². The second-order valence-corrected chi connectivity index (χ2v) is 6.58. The number of nitrogens with one attached hydrogen (secondary N) is 1. The molecule has 0 aromatic carbocycles. The molecule has 1 fully saturated rings. The van der Waals surface area contributed by atoms with Gasteiger partial charge in [0.2, 0.25) is 0 Å². The fourth-order valence-electron chi connectivity index (χ4n) is 1.88. The van der Waals surface area contributed by atoms with Gasteiger partial charge in [0.1, 0.15) is 0 Å². The molecule has 0 amide bonds. The van der Waals surface area contributed by atoms with E-state index in [1.165, 1.54) is 8.61 Å². The zero-order valence-electron chi connectivity index (χ0n) is 10.8. The average molecular weight is 265 g/mol. The minimum atomic E-state index is -3.35. The molecule has 0 aliphatic carbocycles. The Labute approximate surface area is 104 Å². The Morgan fingerprint density at radius 3 is 2.59 bits per heavy atom. The van der Waals surface area contributed by atoms with E-state index in [-0.39, 0.29) is 6.04 Å². The summed E-state index contributed by atoms with van der Waals surface area (Å²) in [4.78, 5) is 0. The van der Waals surface area contributed by atoms with Gasteiger partial charge in [-0.1, -0.05) is 0 Å². The summed E-state index contributed by atoms with van der Waals surface area (Å²) in [6.07, 6.45) is 2.15. The van der Waals surface area contributed by atoms with E-state index in [2.05, 4.69) is 5.32 Å². The SMILES string of the molecule is COCCN(CC1CCCN1)S(=O)(=O)N(C)C. The number of methoxy groups -OCH3 is 1. The van der Waals surface area contributed by atoms with Crippen molar-refractivity contribution in [2.24, 2.45) is 0 Å². The van der Waals surface area contributed by atoms with Gasteiger partial charge in [0, 0.05) is 40.3 Å². The molecular formula is C10H23N3O3S. The molecule has 1 heterocycles. The molecule has 1 rings (SSSR count).